The van der Waals surface area contributed by atoms with E-state index in [1.807, 2.05) is 19.9 Å². The molecule has 0 aliphatic heterocycles. The second kappa shape index (κ2) is 6.89. The van der Waals surface area contributed by atoms with Crippen molar-refractivity contribution < 1.29 is 9.90 Å². The first kappa shape index (κ1) is 17.5. The van der Waals surface area contributed by atoms with E-state index in [4.69, 9.17) is 0 Å². The van der Waals surface area contributed by atoms with Crippen LogP contribution in [0, 0.1) is 13.8 Å². The standard InChI is InChI=1S/C15H12Br2N6O2/c1-7-3-8(2)23-15(19-7)20-13(22-23)14(25)21-18-6-9-4-10(16)5-11(17)12(9)24/h3-6,24H,1-2H3,(H,21,25)/b18-6+. The molecule has 0 saturated carbocycles. The first-order valence-corrected chi connectivity index (χ1v) is 8.66. The Bertz CT molecular complexity index is 1010. The monoisotopic (exact) mass is 466 g/mol. The maximum atomic E-state index is 12.1. The molecule has 0 radical (unpaired) electrons. The van der Waals surface area contributed by atoms with Crippen molar-refractivity contribution in [2.75, 3.05) is 0 Å². The maximum absolute atomic E-state index is 12.1. The van der Waals surface area contributed by atoms with Gasteiger partial charge in [-0.2, -0.15) is 10.1 Å². The smallest absolute Gasteiger partial charge is 0.311 e. The van der Waals surface area contributed by atoms with Crippen molar-refractivity contribution in [3.63, 3.8) is 0 Å². The molecule has 0 aliphatic rings. The Kier molecular flexibility index (Phi) is 4.82. The number of halogens is 2. The molecule has 3 rings (SSSR count). The molecule has 0 saturated heterocycles. The summed E-state index contributed by atoms with van der Waals surface area (Å²) in [4.78, 5) is 20.5. The highest BCUT2D eigenvalue weighted by Crippen LogP contribution is 2.30. The molecule has 2 heterocycles. The molecule has 128 valence electrons. The number of phenolic OH excluding ortho intramolecular Hbond substituents is 1. The fraction of sp³-hybridized carbons (Fsp3) is 0.133. The van der Waals surface area contributed by atoms with Gasteiger partial charge in [-0.3, -0.25) is 4.79 Å². The molecule has 0 unspecified atom stereocenters. The van der Waals surface area contributed by atoms with Crippen molar-refractivity contribution in [1.29, 1.82) is 0 Å². The molecular formula is C15H12Br2N6O2. The van der Waals surface area contributed by atoms with Crippen molar-refractivity contribution in [1.82, 2.24) is 25.0 Å². The number of aromatic hydroxyl groups is 1. The van der Waals surface area contributed by atoms with Crippen LogP contribution in [0.3, 0.4) is 0 Å². The van der Waals surface area contributed by atoms with Crippen LogP contribution in [0.2, 0.25) is 0 Å². The van der Waals surface area contributed by atoms with Gasteiger partial charge >= 0.3 is 5.91 Å². The SMILES string of the molecule is Cc1cc(C)n2nc(C(=O)N/N=C/c3cc(Br)cc(Br)c3O)nc2n1. The predicted octanol–water partition coefficient (Wildman–Crippen LogP) is 2.74. The fourth-order valence-electron chi connectivity index (χ4n) is 2.16. The molecule has 2 N–H and O–H groups in total. The lowest BCUT2D eigenvalue weighted by atomic mass is 10.2. The molecule has 1 amide bonds. The Morgan fingerprint density at radius 3 is 2.80 bits per heavy atom. The molecule has 10 heteroatoms. The molecule has 0 atom stereocenters. The molecule has 3 aromatic rings. The third-order valence-corrected chi connectivity index (χ3v) is 4.31. The lowest BCUT2D eigenvalue weighted by Crippen LogP contribution is -2.19. The maximum Gasteiger partial charge on any atom is 0.311 e. The van der Waals surface area contributed by atoms with Crippen molar-refractivity contribution >= 4 is 49.8 Å². The van der Waals surface area contributed by atoms with E-state index in [0.29, 0.717) is 15.8 Å². The van der Waals surface area contributed by atoms with Gasteiger partial charge in [-0.15, -0.1) is 5.10 Å². The molecule has 0 fully saturated rings. The Hall–Kier alpha value is -2.33. The minimum Gasteiger partial charge on any atom is -0.506 e. The zero-order valence-electron chi connectivity index (χ0n) is 13.2. The summed E-state index contributed by atoms with van der Waals surface area (Å²) in [7, 11) is 0. The number of amides is 1. The van der Waals surface area contributed by atoms with Gasteiger partial charge in [0, 0.05) is 21.4 Å². The number of hydrogen-bond donors (Lipinski definition) is 2. The second-order valence-corrected chi connectivity index (χ2v) is 6.98. The molecule has 2 aromatic heterocycles. The average Bonchev–Trinajstić information content (AvgIpc) is 2.96. The number of hydrazone groups is 1. The lowest BCUT2D eigenvalue weighted by Gasteiger charge is -2.02. The van der Waals surface area contributed by atoms with Crippen LogP contribution < -0.4 is 5.43 Å². The number of fused-ring (bicyclic) bond motifs is 1. The average molecular weight is 468 g/mol. The zero-order chi connectivity index (χ0) is 18.1. The first-order chi connectivity index (χ1) is 11.8. The highest BCUT2D eigenvalue weighted by Gasteiger charge is 2.14. The van der Waals surface area contributed by atoms with Gasteiger partial charge in [0.2, 0.25) is 5.82 Å². The van der Waals surface area contributed by atoms with E-state index in [1.165, 1.54) is 10.7 Å². The van der Waals surface area contributed by atoms with Crippen molar-refractivity contribution in [3.8, 4) is 5.75 Å². The predicted molar refractivity (Wildman–Crippen MR) is 98.8 cm³/mol. The van der Waals surface area contributed by atoms with Gasteiger partial charge in [-0.25, -0.2) is 14.9 Å². The van der Waals surface area contributed by atoms with Crippen molar-refractivity contribution in [2.24, 2.45) is 5.10 Å². The van der Waals surface area contributed by atoms with Crippen LogP contribution in [-0.2, 0) is 0 Å². The van der Waals surface area contributed by atoms with Gasteiger partial charge < -0.3 is 5.11 Å². The summed E-state index contributed by atoms with van der Waals surface area (Å²) in [5, 5.41) is 17.9. The summed E-state index contributed by atoms with van der Waals surface area (Å²) in [6.45, 7) is 3.69. The highest BCUT2D eigenvalue weighted by molar-refractivity contribution is 9.11. The van der Waals surface area contributed by atoms with Gasteiger partial charge in [0.1, 0.15) is 5.75 Å². The Balaban J connectivity index is 1.80. The largest absolute Gasteiger partial charge is 0.506 e. The van der Waals surface area contributed by atoms with Crippen LogP contribution in [-0.4, -0.2) is 36.8 Å². The van der Waals surface area contributed by atoms with E-state index in [0.717, 1.165) is 15.9 Å². The van der Waals surface area contributed by atoms with E-state index < -0.39 is 5.91 Å². The normalized spacial score (nSPS) is 11.4. The number of carbonyl (C=O) groups is 1. The Morgan fingerprint density at radius 2 is 2.04 bits per heavy atom. The minimum atomic E-state index is -0.577. The Labute approximate surface area is 159 Å². The molecular weight excluding hydrogens is 456 g/mol. The van der Waals surface area contributed by atoms with Crippen molar-refractivity contribution in [2.45, 2.75) is 13.8 Å². The van der Waals surface area contributed by atoms with E-state index in [-0.39, 0.29) is 11.6 Å². The number of carbonyl (C=O) groups excluding carboxylic acids is 1. The number of aryl methyl sites for hydroxylation is 2. The van der Waals surface area contributed by atoms with Crippen LogP contribution in [0.15, 0.2) is 32.2 Å². The van der Waals surface area contributed by atoms with Crippen molar-refractivity contribution in [3.05, 3.63) is 49.9 Å². The van der Waals surface area contributed by atoms with Crippen LogP contribution >= 0.6 is 31.9 Å². The lowest BCUT2D eigenvalue weighted by molar-refractivity contribution is 0.0945. The number of nitrogens with zero attached hydrogens (tertiary/aromatic N) is 5. The first-order valence-electron chi connectivity index (χ1n) is 7.07. The number of hydrogen-bond acceptors (Lipinski definition) is 6. The summed E-state index contributed by atoms with van der Waals surface area (Å²) in [5.74, 6) is -0.257. The number of rotatable bonds is 3. The third-order valence-electron chi connectivity index (χ3n) is 3.25. The summed E-state index contributed by atoms with van der Waals surface area (Å²) in [6.07, 6.45) is 1.33. The minimum absolute atomic E-state index is 0.0161. The van der Waals surface area contributed by atoms with Crippen LogP contribution in [0.4, 0.5) is 0 Å². The molecule has 1 aromatic carbocycles. The van der Waals surface area contributed by atoms with E-state index in [9.17, 15) is 9.90 Å². The third kappa shape index (κ3) is 3.69. The van der Waals surface area contributed by atoms with E-state index in [1.54, 1.807) is 12.1 Å². The van der Waals surface area contributed by atoms with Gasteiger partial charge in [-0.1, -0.05) is 15.9 Å². The quantitative estimate of drug-likeness (QED) is 0.455. The molecule has 0 aliphatic carbocycles. The van der Waals surface area contributed by atoms with Gasteiger partial charge in [0.05, 0.1) is 10.7 Å². The second-order valence-electron chi connectivity index (χ2n) is 5.21. The van der Waals surface area contributed by atoms with E-state index in [2.05, 4.69) is 57.5 Å². The molecule has 25 heavy (non-hydrogen) atoms. The molecule has 0 spiro atoms. The molecule has 0 bridgehead atoms. The fourth-order valence-corrected chi connectivity index (χ4v) is 3.42. The molecule has 8 nitrogen and oxygen atoms in total. The number of nitrogens with one attached hydrogen (secondary N) is 1. The summed E-state index contributed by atoms with van der Waals surface area (Å²) < 4.78 is 2.75. The number of aromatic nitrogens is 4. The van der Waals surface area contributed by atoms with Gasteiger partial charge in [0.15, 0.2) is 0 Å². The topological polar surface area (TPSA) is 105 Å². The summed E-state index contributed by atoms with van der Waals surface area (Å²) in [6, 6.07) is 5.20. The van der Waals surface area contributed by atoms with Gasteiger partial charge in [-0.05, 0) is 48.0 Å². The number of phenols is 1. The van der Waals surface area contributed by atoms with Crippen LogP contribution in [0.1, 0.15) is 27.6 Å². The van der Waals surface area contributed by atoms with Crippen LogP contribution in [0.5, 0.6) is 5.75 Å². The number of benzene rings is 1. The van der Waals surface area contributed by atoms with Gasteiger partial charge in [0.25, 0.3) is 5.78 Å². The van der Waals surface area contributed by atoms with Crippen LogP contribution in [0.25, 0.3) is 5.78 Å². The zero-order valence-corrected chi connectivity index (χ0v) is 16.3. The summed E-state index contributed by atoms with van der Waals surface area (Å²) in [5.41, 5.74) is 4.37. The summed E-state index contributed by atoms with van der Waals surface area (Å²) >= 11 is 6.54. The van der Waals surface area contributed by atoms with E-state index >= 15 is 0 Å². The Morgan fingerprint density at radius 1 is 1.28 bits per heavy atom. The highest BCUT2D eigenvalue weighted by atomic mass is 79.9.